The first-order valence-electron chi connectivity index (χ1n) is 6.82. The molecule has 0 aliphatic heterocycles. The summed E-state index contributed by atoms with van der Waals surface area (Å²) in [6.07, 6.45) is 4.06. The van der Waals surface area contributed by atoms with Crippen LogP contribution in [-0.2, 0) is 4.79 Å². The van der Waals surface area contributed by atoms with Crippen molar-refractivity contribution in [2.24, 2.45) is 22.5 Å². The Morgan fingerprint density at radius 3 is 1.89 bits per heavy atom. The average Bonchev–Trinajstić information content (AvgIpc) is 2.12. The first-order chi connectivity index (χ1) is 7.58. The van der Waals surface area contributed by atoms with Crippen LogP contribution < -0.4 is 5.73 Å². The maximum atomic E-state index is 12.4. The van der Waals surface area contributed by atoms with E-state index in [-0.39, 0.29) is 24.2 Å². The smallest absolute Gasteiger partial charge is 0.141 e. The van der Waals surface area contributed by atoms with Gasteiger partial charge < -0.3 is 5.73 Å². The van der Waals surface area contributed by atoms with Gasteiger partial charge in [-0.15, -0.1) is 0 Å². The summed E-state index contributed by atoms with van der Waals surface area (Å²) < 4.78 is 0. The zero-order valence-electron chi connectivity index (χ0n) is 12.6. The lowest BCUT2D eigenvalue weighted by Crippen LogP contribution is -2.31. The van der Waals surface area contributed by atoms with Gasteiger partial charge in [-0.05, 0) is 31.2 Å². The van der Waals surface area contributed by atoms with Gasteiger partial charge in [-0.2, -0.15) is 0 Å². The van der Waals surface area contributed by atoms with E-state index < -0.39 is 0 Å². The summed E-state index contributed by atoms with van der Waals surface area (Å²) in [5.41, 5.74) is 5.51. The van der Waals surface area contributed by atoms with Gasteiger partial charge in [0.05, 0.1) is 0 Å². The summed E-state index contributed by atoms with van der Waals surface area (Å²) >= 11 is 0. The fraction of sp³-hybridized carbons (Fsp3) is 0.938. The minimum Gasteiger partial charge on any atom is -0.330 e. The molecule has 2 N–H and O–H groups in total. The molecule has 110 valence electrons. The Kier molecular flexibility index (Phi) is 8.80. The molecule has 0 bridgehead atoms. The second-order valence-electron chi connectivity index (χ2n) is 7.36. The summed E-state index contributed by atoms with van der Waals surface area (Å²) in [4.78, 5) is 12.4. The molecular formula is C16H35NO. The molecule has 0 saturated carbocycles. The molecule has 2 heteroatoms. The van der Waals surface area contributed by atoms with E-state index in [9.17, 15) is 4.79 Å². The maximum Gasteiger partial charge on any atom is 0.141 e. The topological polar surface area (TPSA) is 43.1 Å². The van der Waals surface area contributed by atoms with Crippen LogP contribution in [0.4, 0.5) is 0 Å². The first kappa shape index (κ1) is 20.0. The van der Waals surface area contributed by atoms with Crippen molar-refractivity contribution in [2.75, 3.05) is 6.54 Å². The summed E-state index contributed by atoms with van der Waals surface area (Å²) in [5.74, 6) is 0.603. The van der Waals surface area contributed by atoms with Crippen molar-refractivity contribution in [1.82, 2.24) is 0 Å². The minimum atomic E-state index is -0.224. The third-order valence-corrected chi connectivity index (χ3v) is 2.98. The van der Waals surface area contributed by atoms with Crippen molar-refractivity contribution in [3.05, 3.63) is 0 Å². The molecule has 0 aliphatic rings. The van der Waals surface area contributed by atoms with E-state index in [0.29, 0.717) is 5.78 Å². The number of hydrogen-bond donors (Lipinski definition) is 1. The van der Waals surface area contributed by atoms with Crippen LogP contribution in [0.1, 0.15) is 74.7 Å². The number of hydrogen-bond acceptors (Lipinski definition) is 2. The lowest BCUT2D eigenvalue weighted by Gasteiger charge is -2.30. The Morgan fingerprint density at radius 1 is 1.06 bits per heavy atom. The molecule has 18 heavy (non-hydrogen) atoms. The molecule has 0 rings (SSSR count). The van der Waals surface area contributed by atoms with Gasteiger partial charge >= 0.3 is 0 Å². The van der Waals surface area contributed by atoms with Gasteiger partial charge in [-0.25, -0.2) is 0 Å². The van der Waals surface area contributed by atoms with Crippen LogP contribution in [0.3, 0.4) is 0 Å². The van der Waals surface area contributed by atoms with Crippen molar-refractivity contribution in [1.29, 1.82) is 0 Å². The highest BCUT2D eigenvalue weighted by molar-refractivity contribution is 5.85. The lowest BCUT2D eigenvalue weighted by atomic mass is 9.74. The Morgan fingerprint density at radius 2 is 1.56 bits per heavy atom. The number of Topliss-reactive ketones (excluding diaryl/α,β-unsaturated/α-hetero) is 1. The minimum absolute atomic E-state index is 0. The predicted octanol–water partition coefficient (Wildman–Crippen LogP) is 4.42. The largest absolute Gasteiger partial charge is 0.330 e. The number of carbonyl (C=O) groups is 1. The van der Waals surface area contributed by atoms with E-state index in [0.717, 1.165) is 32.2 Å². The summed E-state index contributed by atoms with van der Waals surface area (Å²) in [7, 11) is 0. The van der Waals surface area contributed by atoms with E-state index in [2.05, 4.69) is 20.8 Å². The molecule has 0 aromatic rings. The van der Waals surface area contributed by atoms with Crippen LogP contribution in [0.25, 0.3) is 0 Å². The summed E-state index contributed by atoms with van der Waals surface area (Å²) in [5, 5.41) is 0. The quantitative estimate of drug-likeness (QED) is 0.716. The highest BCUT2D eigenvalue weighted by atomic mass is 16.1. The first-order valence-corrected chi connectivity index (χ1v) is 6.82. The molecular weight excluding hydrogens is 222 g/mol. The van der Waals surface area contributed by atoms with Crippen molar-refractivity contribution in [2.45, 2.75) is 74.7 Å². The molecule has 0 heterocycles. The number of carbonyl (C=O) groups excluding carboxylic acids is 1. The van der Waals surface area contributed by atoms with E-state index in [1.54, 1.807) is 0 Å². The molecule has 0 aromatic carbocycles. The molecule has 0 fully saturated rings. The molecule has 1 atom stereocenters. The van der Waals surface area contributed by atoms with Crippen molar-refractivity contribution < 1.29 is 4.79 Å². The third kappa shape index (κ3) is 8.68. The van der Waals surface area contributed by atoms with E-state index in [1.165, 1.54) is 0 Å². The maximum absolute atomic E-state index is 12.4. The second kappa shape index (κ2) is 7.93. The standard InChI is InChI=1S/C15H31NO.CH4/c1-14(2,3)11-12(9-7-8-10-16)13(17)15(4,5)6;/h12H,7-11,16H2,1-6H3;1H4/t12-;/m1./s1. The van der Waals surface area contributed by atoms with Crippen molar-refractivity contribution in [3.63, 3.8) is 0 Å². The monoisotopic (exact) mass is 257 g/mol. The third-order valence-electron chi connectivity index (χ3n) is 2.98. The lowest BCUT2D eigenvalue weighted by molar-refractivity contribution is -0.131. The van der Waals surface area contributed by atoms with Crippen molar-refractivity contribution >= 4 is 5.78 Å². The predicted molar refractivity (Wildman–Crippen MR) is 81.7 cm³/mol. The van der Waals surface area contributed by atoms with Gasteiger partial charge in [-0.1, -0.05) is 55.4 Å². The van der Waals surface area contributed by atoms with Gasteiger partial charge in [0.15, 0.2) is 0 Å². The molecule has 0 spiro atoms. The normalized spacial score (nSPS) is 13.9. The number of rotatable bonds is 6. The van der Waals surface area contributed by atoms with Crippen LogP contribution in [0.15, 0.2) is 0 Å². The molecule has 0 unspecified atom stereocenters. The SMILES string of the molecule is C.CC(C)(C)C[C@@H](CCCCN)C(=O)C(C)(C)C. The van der Waals surface area contributed by atoms with Gasteiger partial charge in [0.2, 0.25) is 0 Å². The molecule has 0 aromatic heterocycles. The van der Waals surface area contributed by atoms with E-state index >= 15 is 0 Å². The van der Waals surface area contributed by atoms with Crippen molar-refractivity contribution in [3.8, 4) is 0 Å². The van der Waals surface area contributed by atoms with Gasteiger partial charge in [0, 0.05) is 11.3 Å². The zero-order chi connectivity index (χ0) is 13.7. The summed E-state index contributed by atoms with van der Waals surface area (Å²) in [6, 6.07) is 0. The van der Waals surface area contributed by atoms with E-state index in [1.807, 2.05) is 20.8 Å². The highest BCUT2D eigenvalue weighted by Gasteiger charge is 2.31. The zero-order valence-corrected chi connectivity index (χ0v) is 12.6. The van der Waals surface area contributed by atoms with Gasteiger partial charge in [0.1, 0.15) is 5.78 Å². The Bertz CT molecular complexity index is 232. The van der Waals surface area contributed by atoms with Crippen LogP contribution in [0.5, 0.6) is 0 Å². The molecule has 0 aliphatic carbocycles. The Labute approximate surface area is 115 Å². The van der Waals surface area contributed by atoms with Gasteiger partial charge in [0.25, 0.3) is 0 Å². The average molecular weight is 257 g/mol. The Hall–Kier alpha value is -0.370. The molecule has 0 amide bonds. The second-order valence-corrected chi connectivity index (χ2v) is 7.36. The highest BCUT2D eigenvalue weighted by Crippen LogP contribution is 2.32. The number of nitrogens with two attached hydrogens (primary N) is 1. The fourth-order valence-corrected chi connectivity index (χ4v) is 2.21. The van der Waals surface area contributed by atoms with Crippen LogP contribution in [0.2, 0.25) is 0 Å². The summed E-state index contributed by atoms with van der Waals surface area (Å²) in [6.45, 7) is 13.4. The molecule has 0 radical (unpaired) electrons. The number of unbranched alkanes of at least 4 members (excludes halogenated alkanes) is 1. The number of ketones is 1. The van der Waals surface area contributed by atoms with Crippen LogP contribution >= 0.6 is 0 Å². The van der Waals surface area contributed by atoms with E-state index in [4.69, 9.17) is 5.73 Å². The molecule has 0 saturated heterocycles. The van der Waals surface area contributed by atoms with Gasteiger partial charge in [-0.3, -0.25) is 4.79 Å². The fourth-order valence-electron chi connectivity index (χ4n) is 2.21. The van der Waals surface area contributed by atoms with Crippen LogP contribution in [-0.4, -0.2) is 12.3 Å². The molecule has 2 nitrogen and oxygen atoms in total. The van der Waals surface area contributed by atoms with Crippen LogP contribution in [0, 0.1) is 16.7 Å². The Balaban J connectivity index is 0.